The molecule has 1 atom stereocenters. The molecule has 2 heterocycles. The van der Waals surface area contributed by atoms with Gasteiger partial charge in [0.2, 0.25) is 11.8 Å². The van der Waals surface area contributed by atoms with Gasteiger partial charge in [-0.25, -0.2) is 18.6 Å². The van der Waals surface area contributed by atoms with Crippen molar-refractivity contribution in [3.05, 3.63) is 72.4 Å². The highest BCUT2D eigenvalue weighted by Crippen LogP contribution is 2.49. The lowest BCUT2D eigenvalue weighted by Crippen LogP contribution is -2.45. The fourth-order valence-electron chi connectivity index (χ4n) is 4.78. The number of aromatic nitrogens is 1. The van der Waals surface area contributed by atoms with Gasteiger partial charge < -0.3 is 20.1 Å². The van der Waals surface area contributed by atoms with Gasteiger partial charge in [-0.1, -0.05) is 0 Å². The van der Waals surface area contributed by atoms with Gasteiger partial charge in [0.1, 0.15) is 28.5 Å². The summed E-state index contributed by atoms with van der Waals surface area (Å²) < 4.78 is 40.3. The second kappa shape index (κ2) is 11.5. The lowest BCUT2D eigenvalue weighted by Gasteiger charge is -2.31. The summed E-state index contributed by atoms with van der Waals surface area (Å²) in [7, 11) is 1.62. The number of ether oxygens (including phenoxy) is 2. The number of carbonyl (C=O) groups excluding carboxylic acids is 3. The van der Waals surface area contributed by atoms with Crippen molar-refractivity contribution in [1.29, 1.82) is 0 Å². The summed E-state index contributed by atoms with van der Waals surface area (Å²) in [5.41, 5.74) is 4.08. The van der Waals surface area contributed by atoms with Crippen molar-refractivity contribution in [1.82, 2.24) is 9.88 Å². The molecule has 1 unspecified atom stereocenters. The lowest BCUT2D eigenvalue weighted by molar-refractivity contribution is -0.133. The van der Waals surface area contributed by atoms with Crippen LogP contribution in [0, 0.1) is 17.0 Å². The molecule has 12 heteroatoms. The van der Waals surface area contributed by atoms with E-state index < -0.39 is 28.9 Å². The summed E-state index contributed by atoms with van der Waals surface area (Å²) in [6.07, 6.45) is 3.63. The maximum atomic E-state index is 15.5. The van der Waals surface area contributed by atoms with Crippen molar-refractivity contribution in [2.75, 3.05) is 30.4 Å². The molecule has 1 aliphatic heterocycles. The van der Waals surface area contributed by atoms with Crippen LogP contribution in [0.2, 0.25) is 0 Å². The molecule has 4 amide bonds. The van der Waals surface area contributed by atoms with Gasteiger partial charge in [-0.15, -0.1) is 0 Å². The summed E-state index contributed by atoms with van der Waals surface area (Å²) in [6.45, 7) is 1.08. The number of likely N-dealkylation sites (tertiary alicyclic amines) is 1. The first-order valence-electron chi connectivity index (χ1n) is 13.1. The van der Waals surface area contributed by atoms with E-state index in [1.807, 2.05) is 0 Å². The number of anilines is 3. The molecule has 5 rings (SSSR count). The lowest BCUT2D eigenvalue weighted by atomic mass is 10.0. The summed E-state index contributed by atoms with van der Waals surface area (Å²) in [5.74, 6) is -2.20. The second-order valence-electron chi connectivity index (χ2n) is 10.0. The zero-order chi connectivity index (χ0) is 29.1. The van der Waals surface area contributed by atoms with Crippen molar-refractivity contribution >= 4 is 35.0 Å². The Morgan fingerprint density at radius 2 is 1.80 bits per heavy atom. The predicted molar refractivity (Wildman–Crippen MR) is 146 cm³/mol. The van der Waals surface area contributed by atoms with Crippen LogP contribution in [0.3, 0.4) is 0 Å². The van der Waals surface area contributed by atoms with Gasteiger partial charge in [0.05, 0.1) is 11.8 Å². The highest BCUT2D eigenvalue weighted by Gasteiger charge is 2.57. The van der Waals surface area contributed by atoms with Crippen LogP contribution in [0.25, 0.3) is 0 Å². The Balaban J connectivity index is 1.34. The summed E-state index contributed by atoms with van der Waals surface area (Å²) >= 11 is 0. The Morgan fingerprint density at radius 3 is 2.46 bits per heavy atom. The Morgan fingerprint density at radius 1 is 1.07 bits per heavy atom. The average molecular weight is 566 g/mol. The molecule has 1 aliphatic carbocycles. The third kappa shape index (κ3) is 5.97. The van der Waals surface area contributed by atoms with E-state index in [1.165, 1.54) is 36.5 Å². The summed E-state index contributed by atoms with van der Waals surface area (Å²) in [4.78, 5) is 45.0. The van der Waals surface area contributed by atoms with Crippen LogP contribution in [-0.4, -0.2) is 54.0 Å². The normalized spacial score (nSPS) is 17.4. The van der Waals surface area contributed by atoms with Crippen LogP contribution < -0.4 is 20.7 Å². The Kier molecular flexibility index (Phi) is 7.84. The molecular formula is C29H29F2N5O5. The molecule has 0 radical (unpaired) electrons. The molecule has 41 heavy (non-hydrogen) atoms. The number of amides is 4. The molecular weight excluding hydrogens is 536 g/mol. The third-order valence-corrected chi connectivity index (χ3v) is 7.28. The number of urea groups is 1. The van der Waals surface area contributed by atoms with E-state index in [-0.39, 0.29) is 53.7 Å². The van der Waals surface area contributed by atoms with Gasteiger partial charge in [0.25, 0.3) is 0 Å². The number of hydrogen-bond donors (Lipinski definition) is 2. The molecule has 1 aromatic heterocycles. The quantitative estimate of drug-likeness (QED) is 0.381. The monoisotopic (exact) mass is 565 g/mol. The standard InChI is InChI=1S/C29H29F2N5O5/c1-40-22-3-2-14-35(17-22)28(39)34-25-16-21(10-13-33-25)41-20-8-9-24(23(31)15-20)36(19-6-4-18(30)5-7-19)27(38)29(11-12-29)26(32)37/h4-10,13,15-16,22H,2-3,11-12,14,17H2,1H3,(H2,32,37)(H,33,34,39). The molecule has 2 aromatic carbocycles. The third-order valence-electron chi connectivity index (χ3n) is 7.28. The Labute approximate surface area is 235 Å². The van der Waals surface area contributed by atoms with Crippen LogP contribution in [0.1, 0.15) is 25.7 Å². The fourth-order valence-corrected chi connectivity index (χ4v) is 4.78. The number of methoxy groups -OCH3 is 1. The highest BCUT2D eigenvalue weighted by molar-refractivity contribution is 6.16. The number of nitrogens with zero attached hydrogens (tertiary/aromatic N) is 3. The van der Waals surface area contributed by atoms with Crippen molar-refractivity contribution in [3.8, 4) is 11.5 Å². The number of hydrogen-bond acceptors (Lipinski definition) is 6. The molecule has 0 spiro atoms. The molecule has 3 aromatic rings. The maximum Gasteiger partial charge on any atom is 0.323 e. The molecule has 214 valence electrons. The van der Waals surface area contributed by atoms with Gasteiger partial charge >= 0.3 is 6.03 Å². The van der Waals surface area contributed by atoms with Gasteiger partial charge in [-0.2, -0.15) is 0 Å². The van der Waals surface area contributed by atoms with Crippen molar-refractivity contribution in [2.45, 2.75) is 31.8 Å². The van der Waals surface area contributed by atoms with Crippen LogP contribution >= 0.6 is 0 Å². The van der Waals surface area contributed by atoms with Crippen LogP contribution in [0.5, 0.6) is 11.5 Å². The number of benzene rings is 2. The van der Waals surface area contributed by atoms with Crippen molar-refractivity contribution in [2.24, 2.45) is 11.1 Å². The minimum absolute atomic E-state index is 0.0186. The van der Waals surface area contributed by atoms with Gasteiger partial charge in [0.15, 0.2) is 5.82 Å². The van der Waals surface area contributed by atoms with Crippen LogP contribution in [0.15, 0.2) is 60.8 Å². The van der Waals surface area contributed by atoms with Crippen LogP contribution in [-0.2, 0) is 14.3 Å². The van der Waals surface area contributed by atoms with E-state index in [0.29, 0.717) is 13.1 Å². The molecule has 1 saturated heterocycles. The first-order valence-corrected chi connectivity index (χ1v) is 13.1. The minimum Gasteiger partial charge on any atom is -0.457 e. The SMILES string of the molecule is COC1CCCN(C(=O)Nc2cc(Oc3ccc(N(C(=O)C4(C(N)=O)CC4)c4ccc(F)cc4)c(F)c3)ccn2)C1. The van der Waals surface area contributed by atoms with E-state index in [2.05, 4.69) is 10.3 Å². The van der Waals surface area contributed by atoms with E-state index in [4.69, 9.17) is 15.2 Å². The highest BCUT2D eigenvalue weighted by atomic mass is 19.1. The van der Waals surface area contributed by atoms with Crippen molar-refractivity contribution in [3.63, 3.8) is 0 Å². The molecule has 0 bridgehead atoms. The molecule has 10 nitrogen and oxygen atoms in total. The summed E-state index contributed by atoms with van der Waals surface area (Å²) in [6, 6.07) is 11.5. The first-order chi connectivity index (χ1) is 19.7. The zero-order valence-corrected chi connectivity index (χ0v) is 22.3. The molecule has 3 N–H and O–H groups in total. The van der Waals surface area contributed by atoms with E-state index in [9.17, 15) is 18.8 Å². The minimum atomic E-state index is -1.44. The number of piperidine rings is 1. The first kappa shape index (κ1) is 28.0. The van der Waals surface area contributed by atoms with E-state index in [0.717, 1.165) is 35.9 Å². The number of carbonyl (C=O) groups is 3. The molecule has 2 fully saturated rings. The number of nitrogens with two attached hydrogens (primary N) is 1. The number of halogens is 2. The largest absolute Gasteiger partial charge is 0.457 e. The second-order valence-corrected chi connectivity index (χ2v) is 10.0. The molecule has 1 saturated carbocycles. The number of nitrogens with one attached hydrogen (secondary N) is 1. The smallest absolute Gasteiger partial charge is 0.323 e. The van der Waals surface area contributed by atoms with Gasteiger partial charge in [-0.3, -0.25) is 19.8 Å². The Bertz CT molecular complexity index is 1460. The van der Waals surface area contributed by atoms with Gasteiger partial charge in [0, 0.05) is 44.2 Å². The Hall–Kier alpha value is -4.58. The van der Waals surface area contributed by atoms with Crippen LogP contribution in [0.4, 0.5) is 30.8 Å². The maximum absolute atomic E-state index is 15.5. The topological polar surface area (TPSA) is 127 Å². The predicted octanol–water partition coefficient (Wildman–Crippen LogP) is 4.73. The number of pyridine rings is 1. The summed E-state index contributed by atoms with van der Waals surface area (Å²) in [5, 5.41) is 2.74. The average Bonchev–Trinajstić information content (AvgIpc) is 3.78. The van der Waals surface area contributed by atoms with E-state index in [1.54, 1.807) is 18.1 Å². The van der Waals surface area contributed by atoms with Crippen molar-refractivity contribution < 1.29 is 32.6 Å². The van der Waals surface area contributed by atoms with Gasteiger partial charge in [-0.05, 0) is 68.1 Å². The number of primary amides is 1. The molecule has 2 aliphatic rings. The van der Waals surface area contributed by atoms with E-state index >= 15 is 4.39 Å². The number of rotatable bonds is 8. The fraction of sp³-hybridized carbons (Fsp3) is 0.310. The zero-order valence-electron chi connectivity index (χ0n) is 22.3.